The Labute approximate surface area is 112 Å². The highest BCUT2D eigenvalue weighted by Gasteiger charge is 2.12. The van der Waals surface area contributed by atoms with E-state index in [0.29, 0.717) is 12.3 Å². The average molecular weight is 255 g/mol. The maximum atomic E-state index is 11.7. The molecule has 0 saturated carbocycles. The lowest BCUT2D eigenvalue weighted by molar-refractivity contribution is 0.0520. The van der Waals surface area contributed by atoms with Gasteiger partial charge in [0.1, 0.15) is 5.69 Å². The van der Waals surface area contributed by atoms with Crippen molar-refractivity contribution in [3.05, 3.63) is 41.6 Å². The van der Waals surface area contributed by atoms with Crippen LogP contribution in [-0.2, 0) is 4.74 Å². The molecule has 1 aliphatic rings. The zero-order chi connectivity index (χ0) is 13.2. The van der Waals surface area contributed by atoms with Crippen LogP contribution in [0.5, 0.6) is 0 Å². The molecule has 1 heterocycles. The minimum atomic E-state index is -0.291. The Morgan fingerprint density at radius 2 is 2.26 bits per heavy atom. The van der Waals surface area contributed by atoms with Crippen LogP contribution in [0, 0.1) is 0 Å². The van der Waals surface area contributed by atoms with E-state index in [9.17, 15) is 4.79 Å². The first-order valence-corrected chi connectivity index (χ1v) is 6.77. The van der Waals surface area contributed by atoms with Gasteiger partial charge in [-0.15, -0.1) is 0 Å². The van der Waals surface area contributed by atoms with Crippen LogP contribution in [0.15, 0.2) is 30.3 Å². The molecule has 0 amide bonds. The molecule has 1 aromatic carbocycles. The summed E-state index contributed by atoms with van der Waals surface area (Å²) in [6.45, 7) is 2.21. The summed E-state index contributed by atoms with van der Waals surface area (Å²) in [6, 6.07) is 8.16. The third-order valence-electron chi connectivity index (χ3n) is 3.53. The standard InChI is InChI=1S/C16H17NO2/c1-2-19-16(18)15-10-13-9-12(7-8-14(13)17-15)11-5-3-4-6-11/h5,7-10,17H,2-4,6H2,1H3. The molecule has 2 aromatic rings. The fourth-order valence-corrected chi connectivity index (χ4v) is 2.58. The smallest absolute Gasteiger partial charge is 0.354 e. The third kappa shape index (κ3) is 2.28. The van der Waals surface area contributed by atoms with E-state index in [1.807, 2.05) is 19.1 Å². The summed E-state index contributed by atoms with van der Waals surface area (Å²) in [4.78, 5) is 14.8. The number of aromatic amines is 1. The summed E-state index contributed by atoms with van der Waals surface area (Å²) in [5.74, 6) is -0.291. The van der Waals surface area contributed by atoms with Crippen molar-refractivity contribution in [3.63, 3.8) is 0 Å². The minimum absolute atomic E-state index is 0.291. The normalized spacial score (nSPS) is 14.7. The largest absolute Gasteiger partial charge is 0.461 e. The Bertz CT molecular complexity index is 652. The molecule has 3 nitrogen and oxygen atoms in total. The Morgan fingerprint density at radius 3 is 3.00 bits per heavy atom. The van der Waals surface area contributed by atoms with Crippen molar-refractivity contribution < 1.29 is 9.53 Å². The minimum Gasteiger partial charge on any atom is -0.461 e. The van der Waals surface area contributed by atoms with Crippen molar-refractivity contribution in [2.24, 2.45) is 0 Å². The van der Waals surface area contributed by atoms with Crippen LogP contribution in [0.2, 0.25) is 0 Å². The monoisotopic (exact) mass is 255 g/mol. The maximum absolute atomic E-state index is 11.7. The summed E-state index contributed by atoms with van der Waals surface area (Å²) in [5.41, 5.74) is 4.18. The maximum Gasteiger partial charge on any atom is 0.354 e. The number of esters is 1. The number of H-pyrrole nitrogens is 1. The van der Waals surface area contributed by atoms with Gasteiger partial charge in [-0.3, -0.25) is 0 Å². The van der Waals surface area contributed by atoms with Gasteiger partial charge in [0.15, 0.2) is 0 Å². The molecule has 98 valence electrons. The second-order valence-corrected chi connectivity index (χ2v) is 4.83. The summed E-state index contributed by atoms with van der Waals surface area (Å²) in [5, 5.41) is 1.06. The number of benzene rings is 1. The average Bonchev–Trinajstić information content (AvgIpc) is 3.07. The lowest BCUT2D eigenvalue weighted by Gasteiger charge is -2.01. The molecule has 0 aliphatic heterocycles. The lowest BCUT2D eigenvalue weighted by atomic mass is 10.0. The number of rotatable bonds is 3. The van der Waals surface area contributed by atoms with E-state index in [0.717, 1.165) is 17.3 Å². The predicted molar refractivity (Wildman–Crippen MR) is 76.1 cm³/mol. The molecule has 3 rings (SSSR count). The van der Waals surface area contributed by atoms with Gasteiger partial charge in [-0.05, 0) is 55.5 Å². The van der Waals surface area contributed by atoms with Gasteiger partial charge in [0.2, 0.25) is 0 Å². The van der Waals surface area contributed by atoms with Gasteiger partial charge in [0, 0.05) is 10.9 Å². The fraction of sp³-hybridized carbons (Fsp3) is 0.312. The molecule has 0 unspecified atom stereocenters. The summed E-state index contributed by atoms with van der Waals surface area (Å²) < 4.78 is 5.01. The molecular formula is C16H17NO2. The first-order chi connectivity index (χ1) is 9.28. The molecular weight excluding hydrogens is 238 g/mol. The van der Waals surface area contributed by atoms with Crippen LogP contribution in [0.1, 0.15) is 42.2 Å². The van der Waals surface area contributed by atoms with E-state index in [1.54, 1.807) is 0 Å². The molecule has 0 bridgehead atoms. The van der Waals surface area contributed by atoms with Crippen LogP contribution in [-0.4, -0.2) is 17.6 Å². The lowest BCUT2D eigenvalue weighted by Crippen LogP contribution is -2.04. The molecule has 0 saturated heterocycles. The molecule has 0 spiro atoms. The number of ether oxygens (including phenoxy) is 1. The topological polar surface area (TPSA) is 42.1 Å². The summed E-state index contributed by atoms with van der Waals surface area (Å²) >= 11 is 0. The van der Waals surface area contributed by atoms with Crippen LogP contribution in [0.4, 0.5) is 0 Å². The molecule has 0 atom stereocenters. The number of carbonyl (C=O) groups excluding carboxylic acids is 1. The molecule has 0 radical (unpaired) electrons. The van der Waals surface area contributed by atoms with Gasteiger partial charge < -0.3 is 9.72 Å². The van der Waals surface area contributed by atoms with Crippen molar-refractivity contribution in [2.75, 3.05) is 6.61 Å². The summed E-state index contributed by atoms with van der Waals surface area (Å²) in [6.07, 6.45) is 5.88. The third-order valence-corrected chi connectivity index (χ3v) is 3.53. The first kappa shape index (κ1) is 12.0. The molecule has 19 heavy (non-hydrogen) atoms. The number of aromatic nitrogens is 1. The Kier molecular flexibility index (Phi) is 3.11. The Hall–Kier alpha value is -2.03. The number of nitrogens with one attached hydrogen (secondary N) is 1. The number of allylic oxidation sites excluding steroid dienone is 2. The van der Waals surface area contributed by atoms with Gasteiger partial charge in [-0.25, -0.2) is 4.79 Å². The van der Waals surface area contributed by atoms with Crippen LogP contribution in [0.25, 0.3) is 16.5 Å². The summed E-state index contributed by atoms with van der Waals surface area (Å²) in [7, 11) is 0. The van der Waals surface area contributed by atoms with Gasteiger partial charge >= 0.3 is 5.97 Å². The molecule has 1 aromatic heterocycles. The van der Waals surface area contributed by atoms with Gasteiger partial charge in [0.25, 0.3) is 0 Å². The van der Waals surface area contributed by atoms with Gasteiger partial charge in [-0.2, -0.15) is 0 Å². The number of hydrogen-bond acceptors (Lipinski definition) is 2. The van der Waals surface area contributed by atoms with Crippen molar-refractivity contribution in [1.82, 2.24) is 4.98 Å². The van der Waals surface area contributed by atoms with Crippen molar-refractivity contribution in [3.8, 4) is 0 Å². The molecule has 1 aliphatic carbocycles. The van der Waals surface area contributed by atoms with Gasteiger partial charge in [0.05, 0.1) is 6.61 Å². The number of carbonyl (C=O) groups is 1. The highest BCUT2D eigenvalue weighted by atomic mass is 16.5. The van der Waals surface area contributed by atoms with Crippen LogP contribution >= 0.6 is 0 Å². The number of hydrogen-bond donors (Lipinski definition) is 1. The van der Waals surface area contributed by atoms with E-state index >= 15 is 0 Å². The highest BCUT2D eigenvalue weighted by Crippen LogP contribution is 2.29. The second kappa shape index (κ2) is 4.92. The van der Waals surface area contributed by atoms with Crippen molar-refractivity contribution >= 4 is 22.4 Å². The van der Waals surface area contributed by atoms with E-state index in [1.165, 1.54) is 24.0 Å². The van der Waals surface area contributed by atoms with E-state index < -0.39 is 0 Å². The number of fused-ring (bicyclic) bond motifs is 1. The van der Waals surface area contributed by atoms with Crippen molar-refractivity contribution in [2.45, 2.75) is 26.2 Å². The highest BCUT2D eigenvalue weighted by molar-refractivity contribution is 5.95. The zero-order valence-corrected chi connectivity index (χ0v) is 11.0. The van der Waals surface area contributed by atoms with Crippen LogP contribution < -0.4 is 0 Å². The second-order valence-electron chi connectivity index (χ2n) is 4.83. The SMILES string of the molecule is CCOC(=O)c1cc2cc(C3=CCCC3)ccc2[nH]1. The van der Waals surface area contributed by atoms with Crippen LogP contribution in [0.3, 0.4) is 0 Å². The quantitative estimate of drug-likeness (QED) is 0.845. The molecule has 0 fully saturated rings. The zero-order valence-electron chi connectivity index (χ0n) is 11.0. The molecule has 3 heteroatoms. The fourth-order valence-electron chi connectivity index (χ4n) is 2.58. The van der Waals surface area contributed by atoms with Gasteiger partial charge in [-0.1, -0.05) is 12.1 Å². The molecule has 1 N–H and O–H groups in total. The van der Waals surface area contributed by atoms with Crippen molar-refractivity contribution in [1.29, 1.82) is 0 Å². The predicted octanol–water partition coefficient (Wildman–Crippen LogP) is 3.91. The Morgan fingerprint density at radius 1 is 1.37 bits per heavy atom. The van der Waals surface area contributed by atoms with E-state index in [-0.39, 0.29) is 5.97 Å². The van der Waals surface area contributed by atoms with E-state index in [4.69, 9.17) is 4.74 Å². The Balaban J connectivity index is 1.97. The first-order valence-electron chi connectivity index (χ1n) is 6.77. The van der Waals surface area contributed by atoms with E-state index in [2.05, 4.69) is 23.2 Å².